The van der Waals surface area contributed by atoms with Crippen LogP contribution in [0.15, 0.2) is 34.9 Å². The maximum atomic E-state index is 6.18. The van der Waals surface area contributed by atoms with Crippen LogP contribution in [0.3, 0.4) is 0 Å². The molecular formula is C14H16ClN3S. The van der Waals surface area contributed by atoms with Crippen molar-refractivity contribution in [2.75, 3.05) is 0 Å². The molecule has 5 heteroatoms. The fourth-order valence-corrected chi connectivity index (χ4v) is 2.33. The quantitative estimate of drug-likeness (QED) is 0.648. The minimum atomic E-state index is 0.190. The van der Waals surface area contributed by atoms with Gasteiger partial charge in [0.25, 0.3) is 0 Å². The Kier molecular flexibility index (Phi) is 4.93. The van der Waals surface area contributed by atoms with Gasteiger partial charge >= 0.3 is 0 Å². The molecule has 100 valence electrons. The van der Waals surface area contributed by atoms with Gasteiger partial charge in [0.1, 0.15) is 0 Å². The monoisotopic (exact) mass is 293 g/mol. The Balaban J connectivity index is 2.27. The zero-order chi connectivity index (χ0) is 13.7. The summed E-state index contributed by atoms with van der Waals surface area (Å²) >= 11 is 10.9. The van der Waals surface area contributed by atoms with E-state index in [0.29, 0.717) is 0 Å². The van der Waals surface area contributed by atoms with Gasteiger partial charge in [-0.2, -0.15) is 5.10 Å². The van der Waals surface area contributed by atoms with Gasteiger partial charge in [0, 0.05) is 5.02 Å². The van der Waals surface area contributed by atoms with Gasteiger partial charge in [0.05, 0.1) is 5.71 Å². The van der Waals surface area contributed by atoms with E-state index in [4.69, 9.17) is 29.6 Å². The maximum Gasteiger partial charge on any atom is 0.184 e. The lowest BCUT2D eigenvalue weighted by atomic mass is 9.91. The number of hydrogen-bond acceptors (Lipinski definition) is 2. The molecule has 0 spiro atoms. The van der Waals surface area contributed by atoms with Crippen LogP contribution in [-0.2, 0) is 0 Å². The molecule has 1 fully saturated rings. The molecule has 0 unspecified atom stereocenters. The van der Waals surface area contributed by atoms with Crippen molar-refractivity contribution in [3.05, 3.63) is 40.4 Å². The van der Waals surface area contributed by atoms with Crippen LogP contribution in [0.25, 0.3) is 6.08 Å². The SMILES string of the molecule is NC(=S)NN=C1CCCCC1=Cc1ccccc1Cl. The topological polar surface area (TPSA) is 50.4 Å². The summed E-state index contributed by atoms with van der Waals surface area (Å²) in [6.07, 6.45) is 6.34. The number of benzene rings is 1. The van der Waals surface area contributed by atoms with Crippen LogP contribution in [0.1, 0.15) is 31.2 Å². The van der Waals surface area contributed by atoms with Crippen molar-refractivity contribution in [3.63, 3.8) is 0 Å². The Morgan fingerprint density at radius 3 is 2.79 bits per heavy atom. The molecule has 3 N–H and O–H groups in total. The van der Waals surface area contributed by atoms with Gasteiger partial charge in [-0.15, -0.1) is 0 Å². The Morgan fingerprint density at radius 1 is 1.32 bits per heavy atom. The van der Waals surface area contributed by atoms with Crippen LogP contribution in [-0.4, -0.2) is 10.8 Å². The van der Waals surface area contributed by atoms with E-state index in [0.717, 1.165) is 35.6 Å². The van der Waals surface area contributed by atoms with Crippen LogP contribution < -0.4 is 11.2 Å². The molecule has 1 aromatic carbocycles. The highest BCUT2D eigenvalue weighted by atomic mass is 35.5. The second kappa shape index (κ2) is 6.68. The molecule has 0 saturated heterocycles. The van der Waals surface area contributed by atoms with Crippen LogP contribution >= 0.6 is 23.8 Å². The average molecular weight is 294 g/mol. The third-order valence-corrected chi connectivity index (χ3v) is 3.45. The van der Waals surface area contributed by atoms with Gasteiger partial charge in [-0.1, -0.05) is 29.8 Å². The predicted molar refractivity (Wildman–Crippen MR) is 85.3 cm³/mol. The lowest BCUT2D eigenvalue weighted by Crippen LogP contribution is -2.26. The summed E-state index contributed by atoms with van der Waals surface area (Å²) in [5.41, 5.74) is 11.3. The van der Waals surface area contributed by atoms with Gasteiger partial charge in [-0.3, -0.25) is 5.43 Å². The van der Waals surface area contributed by atoms with Crippen molar-refractivity contribution in [2.45, 2.75) is 25.7 Å². The van der Waals surface area contributed by atoms with Crippen molar-refractivity contribution < 1.29 is 0 Å². The van der Waals surface area contributed by atoms with Gasteiger partial charge in [-0.25, -0.2) is 0 Å². The van der Waals surface area contributed by atoms with E-state index in [9.17, 15) is 0 Å². The highest BCUT2D eigenvalue weighted by Gasteiger charge is 2.14. The summed E-state index contributed by atoms with van der Waals surface area (Å²) in [4.78, 5) is 0. The summed E-state index contributed by atoms with van der Waals surface area (Å²) in [5, 5.41) is 5.22. The number of rotatable bonds is 2. The number of hydrogen-bond donors (Lipinski definition) is 2. The van der Waals surface area contributed by atoms with E-state index in [1.54, 1.807) is 0 Å². The first-order chi connectivity index (χ1) is 9.16. The Labute approximate surface area is 123 Å². The fourth-order valence-electron chi connectivity index (χ4n) is 2.10. The first-order valence-corrected chi connectivity index (χ1v) is 7.03. The number of hydrazone groups is 1. The first-order valence-electron chi connectivity index (χ1n) is 6.24. The molecule has 3 nitrogen and oxygen atoms in total. The summed E-state index contributed by atoms with van der Waals surface area (Å²) in [6, 6.07) is 7.79. The number of allylic oxidation sites excluding steroid dienone is 1. The normalized spacial score (nSPS) is 19.6. The van der Waals surface area contributed by atoms with Crippen molar-refractivity contribution in [2.24, 2.45) is 10.8 Å². The average Bonchev–Trinajstić information content (AvgIpc) is 2.40. The number of nitrogens with one attached hydrogen (secondary N) is 1. The molecule has 0 heterocycles. The van der Waals surface area contributed by atoms with Gasteiger partial charge in [0.15, 0.2) is 5.11 Å². The molecule has 0 atom stereocenters. The fraction of sp³-hybridized carbons (Fsp3) is 0.286. The lowest BCUT2D eigenvalue weighted by Gasteiger charge is -2.17. The summed E-state index contributed by atoms with van der Waals surface area (Å²) in [5.74, 6) is 0. The van der Waals surface area contributed by atoms with Crippen LogP contribution in [0.4, 0.5) is 0 Å². The first kappa shape index (κ1) is 14.0. The minimum absolute atomic E-state index is 0.190. The van der Waals surface area contributed by atoms with Gasteiger partial charge < -0.3 is 5.73 Å². The Hall–Kier alpha value is -1.39. The number of halogens is 1. The van der Waals surface area contributed by atoms with Crippen LogP contribution in [0.2, 0.25) is 5.02 Å². The molecule has 2 rings (SSSR count). The van der Waals surface area contributed by atoms with Crippen molar-refractivity contribution in [1.29, 1.82) is 0 Å². The van der Waals surface area contributed by atoms with E-state index in [1.165, 1.54) is 12.0 Å². The number of nitrogens with zero attached hydrogens (tertiary/aromatic N) is 1. The number of nitrogens with two attached hydrogens (primary N) is 1. The van der Waals surface area contributed by atoms with Gasteiger partial charge in [-0.05, 0) is 61.2 Å². The van der Waals surface area contributed by atoms with E-state index < -0.39 is 0 Å². The molecular weight excluding hydrogens is 278 g/mol. The van der Waals surface area contributed by atoms with Crippen LogP contribution in [0, 0.1) is 0 Å². The highest BCUT2D eigenvalue weighted by Crippen LogP contribution is 2.25. The van der Waals surface area contributed by atoms with E-state index in [-0.39, 0.29) is 5.11 Å². The zero-order valence-corrected chi connectivity index (χ0v) is 12.1. The van der Waals surface area contributed by atoms with E-state index in [2.05, 4.69) is 16.6 Å². The van der Waals surface area contributed by atoms with E-state index in [1.807, 2.05) is 24.3 Å². The molecule has 1 aliphatic carbocycles. The lowest BCUT2D eigenvalue weighted by molar-refractivity contribution is 0.730. The molecule has 0 aliphatic heterocycles. The third-order valence-electron chi connectivity index (χ3n) is 3.02. The van der Waals surface area contributed by atoms with E-state index >= 15 is 0 Å². The predicted octanol–water partition coefficient (Wildman–Crippen LogP) is 3.49. The Bertz CT molecular complexity index is 537. The summed E-state index contributed by atoms with van der Waals surface area (Å²) < 4.78 is 0. The van der Waals surface area contributed by atoms with Crippen molar-refractivity contribution in [1.82, 2.24) is 5.43 Å². The molecule has 1 saturated carbocycles. The summed E-state index contributed by atoms with van der Waals surface area (Å²) in [7, 11) is 0. The molecule has 1 aromatic rings. The third kappa shape index (κ3) is 4.04. The second-order valence-corrected chi connectivity index (χ2v) is 5.28. The standard InChI is InChI=1S/C14H16ClN3S/c15-12-7-3-1-5-10(12)9-11-6-2-4-8-13(11)17-18-14(16)19/h1,3,5,7,9H,2,4,6,8H2,(H3,16,18,19). The minimum Gasteiger partial charge on any atom is -0.375 e. The smallest absolute Gasteiger partial charge is 0.184 e. The maximum absolute atomic E-state index is 6.18. The molecule has 0 radical (unpaired) electrons. The summed E-state index contributed by atoms with van der Waals surface area (Å²) in [6.45, 7) is 0. The molecule has 1 aliphatic rings. The molecule has 0 amide bonds. The molecule has 0 bridgehead atoms. The van der Waals surface area contributed by atoms with Crippen molar-refractivity contribution in [3.8, 4) is 0 Å². The van der Waals surface area contributed by atoms with Crippen LogP contribution in [0.5, 0.6) is 0 Å². The highest BCUT2D eigenvalue weighted by molar-refractivity contribution is 7.80. The van der Waals surface area contributed by atoms with Gasteiger partial charge in [0.2, 0.25) is 0 Å². The number of thiocarbonyl (C=S) groups is 1. The largest absolute Gasteiger partial charge is 0.375 e. The zero-order valence-electron chi connectivity index (χ0n) is 10.5. The Morgan fingerprint density at radius 2 is 2.05 bits per heavy atom. The molecule has 0 aromatic heterocycles. The molecule has 19 heavy (non-hydrogen) atoms. The van der Waals surface area contributed by atoms with Crippen molar-refractivity contribution >= 4 is 40.7 Å². The second-order valence-electron chi connectivity index (χ2n) is 4.43.